The molecule has 1 aliphatic heterocycles. The number of likely N-dealkylation sites (N-methyl/N-ethyl adjacent to an activating group) is 1. The molecule has 1 aliphatic rings. The summed E-state index contributed by atoms with van der Waals surface area (Å²) in [7, 11) is 3.04. The fourth-order valence-corrected chi connectivity index (χ4v) is 4.82. The van der Waals surface area contributed by atoms with Crippen LogP contribution >= 0.6 is 11.8 Å². The van der Waals surface area contributed by atoms with Gasteiger partial charge in [-0.2, -0.15) is 5.26 Å². The molecule has 0 saturated carbocycles. The van der Waals surface area contributed by atoms with Crippen LogP contribution in [-0.2, 0) is 22.4 Å². The van der Waals surface area contributed by atoms with Crippen LogP contribution in [-0.4, -0.2) is 31.2 Å². The number of methoxy groups -OCH3 is 1. The fraction of sp³-hybridized carbons (Fsp3) is 0.320. The zero-order valence-corrected chi connectivity index (χ0v) is 19.4. The van der Waals surface area contributed by atoms with E-state index in [9.17, 15) is 14.9 Å². The lowest BCUT2D eigenvalue weighted by Gasteiger charge is -2.18. The van der Waals surface area contributed by atoms with Crippen LogP contribution < -0.4 is 15.0 Å². The van der Waals surface area contributed by atoms with E-state index in [4.69, 9.17) is 4.74 Å². The summed E-state index contributed by atoms with van der Waals surface area (Å²) in [6.07, 6.45) is 3.86. The first-order chi connectivity index (χ1) is 15.5. The van der Waals surface area contributed by atoms with Gasteiger partial charge in [-0.25, -0.2) is 0 Å². The monoisotopic (exact) mass is 449 g/mol. The Morgan fingerprint density at radius 2 is 1.81 bits per heavy atom. The summed E-state index contributed by atoms with van der Waals surface area (Å²) in [6.45, 7) is 2.17. The summed E-state index contributed by atoms with van der Waals surface area (Å²) in [6, 6.07) is 17.3. The van der Waals surface area contributed by atoms with Gasteiger partial charge in [0.15, 0.2) is 0 Å². The van der Waals surface area contributed by atoms with Crippen LogP contribution in [0.1, 0.15) is 30.9 Å². The Hall–Kier alpha value is -3.24. The smallest absolute Gasteiger partial charge is 0.264 e. The van der Waals surface area contributed by atoms with E-state index in [-0.39, 0.29) is 11.5 Å². The maximum atomic E-state index is 13.4. The molecule has 0 bridgehead atoms. The normalized spacial score (nSPS) is 17.1. The molecule has 2 aromatic carbocycles. The number of nitriles is 1. The van der Waals surface area contributed by atoms with Crippen molar-refractivity contribution in [3.63, 3.8) is 0 Å². The molecular formula is C25H27N3O3S. The lowest BCUT2D eigenvalue weighted by atomic mass is 10.0. The number of unbranched alkanes of at least 4 members (excludes halogenated alkanes) is 1. The molecule has 1 saturated heterocycles. The van der Waals surface area contributed by atoms with Gasteiger partial charge in [-0.05, 0) is 54.7 Å². The Labute approximate surface area is 193 Å². The summed E-state index contributed by atoms with van der Waals surface area (Å²) in [4.78, 5) is 27.2. The minimum Gasteiger partial charge on any atom is -0.497 e. The van der Waals surface area contributed by atoms with Crippen LogP contribution in [0, 0.1) is 11.3 Å². The average Bonchev–Trinajstić information content (AvgIpc) is 3.14. The molecule has 3 rings (SSSR count). The van der Waals surface area contributed by atoms with E-state index >= 15 is 0 Å². The Morgan fingerprint density at radius 1 is 1.16 bits per heavy atom. The zero-order chi connectivity index (χ0) is 23.1. The van der Waals surface area contributed by atoms with E-state index in [1.165, 1.54) is 29.3 Å². The number of rotatable bonds is 8. The van der Waals surface area contributed by atoms with Crippen molar-refractivity contribution < 1.29 is 14.3 Å². The highest BCUT2D eigenvalue weighted by molar-refractivity contribution is 8.05. The highest BCUT2D eigenvalue weighted by Gasteiger charge is 2.40. The van der Waals surface area contributed by atoms with Crippen molar-refractivity contribution in [2.24, 2.45) is 0 Å². The van der Waals surface area contributed by atoms with E-state index in [1.54, 1.807) is 31.4 Å². The third-order valence-corrected chi connectivity index (χ3v) is 6.59. The average molecular weight is 450 g/mol. The summed E-state index contributed by atoms with van der Waals surface area (Å²) in [5, 5.41) is 12.1. The number of anilines is 1. The van der Waals surface area contributed by atoms with E-state index in [0.29, 0.717) is 22.9 Å². The second-order valence-electron chi connectivity index (χ2n) is 7.47. The number of nitrogens with zero attached hydrogens (tertiary/aromatic N) is 2. The predicted molar refractivity (Wildman–Crippen MR) is 127 cm³/mol. The van der Waals surface area contributed by atoms with Crippen molar-refractivity contribution in [2.45, 2.75) is 37.9 Å². The number of amides is 2. The largest absolute Gasteiger partial charge is 0.497 e. The lowest BCUT2D eigenvalue weighted by molar-refractivity contribution is -0.117. The first-order valence-corrected chi connectivity index (χ1v) is 11.5. The van der Waals surface area contributed by atoms with Gasteiger partial charge >= 0.3 is 0 Å². The van der Waals surface area contributed by atoms with Crippen LogP contribution in [0.4, 0.5) is 5.69 Å². The number of hydrogen-bond donors (Lipinski definition) is 1. The van der Waals surface area contributed by atoms with E-state index in [2.05, 4.69) is 36.5 Å². The van der Waals surface area contributed by atoms with Crippen molar-refractivity contribution in [1.29, 1.82) is 5.26 Å². The van der Waals surface area contributed by atoms with Crippen molar-refractivity contribution >= 4 is 29.3 Å². The number of thioether (sulfide) groups is 1. The van der Waals surface area contributed by atoms with Crippen LogP contribution in [0.5, 0.6) is 5.75 Å². The number of carbonyl (C=O) groups excluding carboxylic acids is 2. The molecule has 1 heterocycles. The maximum absolute atomic E-state index is 13.4. The molecule has 166 valence electrons. The molecule has 6 nitrogen and oxygen atoms in total. The van der Waals surface area contributed by atoms with Crippen molar-refractivity contribution in [3.8, 4) is 11.8 Å². The molecule has 7 heteroatoms. The molecule has 1 atom stereocenters. The molecule has 0 aromatic heterocycles. The predicted octanol–water partition coefficient (Wildman–Crippen LogP) is 4.21. The molecule has 1 fully saturated rings. The van der Waals surface area contributed by atoms with Crippen molar-refractivity contribution in [2.75, 3.05) is 19.1 Å². The number of ether oxygens (including phenoxy) is 1. The van der Waals surface area contributed by atoms with Gasteiger partial charge < -0.3 is 10.1 Å². The van der Waals surface area contributed by atoms with Gasteiger partial charge in [0.1, 0.15) is 22.4 Å². The molecule has 0 spiro atoms. The highest BCUT2D eigenvalue weighted by atomic mass is 32.2. The van der Waals surface area contributed by atoms with Gasteiger partial charge in [0.05, 0.1) is 12.4 Å². The molecule has 0 aliphatic carbocycles. The van der Waals surface area contributed by atoms with E-state index in [1.807, 2.05) is 6.07 Å². The number of aryl methyl sites for hydroxylation is 1. The van der Waals surface area contributed by atoms with Gasteiger partial charge in [-0.3, -0.25) is 14.5 Å². The second kappa shape index (κ2) is 10.9. The Morgan fingerprint density at radius 3 is 2.38 bits per heavy atom. The molecule has 1 unspecified atom stereocenters. The first-order valence-electron chi connectivity index (χ1n) is 10.6. The van der Waals surface area contributed by atoms with Crippen molar-refractivity contribution in [3.05, 3.63) is 70.3 Å². The fourth-order valence-electron chi connectivity index (χ4n) is 3.52. The SMILES string of the molecule is CCCCc1ccc(CC2S/C(=C(/C#N)C(=O)NC)N(c3ccc(OC)cc3)C2=O)cc1. The van der Waals surface area contributed by atoms with Crippen LogP contribution in [0.25, 0.3) is 0 Å². The van der Waals surface area contributed by atoms with Gasteiger partial charge in [0, 0.05) is 12.7 Å². The zero-order valence-electron chi connectivity index (χ0n) is 18.6. The van der Waals surface area contributed by atoms with Crippen LogP contribution in [0.15, 0.2) is 59.1 Å². The maximum Gasteiger partial charge on any atom is 0.264 e. The van der Waals surface area contributed by atoms with Crippen molar-refractivity contribution in [1.82, 2.24) is 5.32 Å². The third kappa shape index (κ3) is 5.14. The van der Waals surface area contributed by atoms with Crippen LogP contribution in [0.3, 0.4) is 0 Å². The number of hydrogen-bond acceptors (Lipinski definition) is 5. The van der Waals surface area contributed by atoms with Gasteiger partial charge in [-0.1, -0.05) is 49.4 Å². The summed E-state index contributed by atoms with van der Waals surface area (Å²) < 4.78 is 5.21. The molecule has 2 amide bonds. The van der Waals surface area contributed by atoms with E-state index < -0.39 is 11.2 Å². The quantitative estimate of drug-likeness (QED) is 0.482. The molecule has 32 heavy (non-hydrogen) atoms. The topological polar surface area (TPSA) is 82.4 Å². The summed E-state index contributed by atoms with van der Waals surface area (Å²) in [5.74, 6) is -0.00535. The molecule has 1 N–H and O–H groups in total. The summed E-state index contributed by atoms with van der Waals surface area (Å²) >= 11 is 1.26. The minimum atomic E-state index is -0.512. The van der Waals surface area contributed by atoms with Crippen LogP contribution in [0.2, 0.25) is 0 Å². The number of benzene rings is 2. The Balaban J connectivity index is 1.92. The Bertz CT molecular complexity index is 1040. The molecule has 0 radical (unpaired) electrons. The third-order valence-electron chi connectivity index (χ3n) is 5.33. The van der Waals surface area contributed by atoms with Gasteiger partial charge in [0.2, 0.25) is 5.91 Å². The minimum absolute atomic E-state index is 0.0703. The summed E-state index contributed by atoms with van der Waals surface area (Å²) in [5.41, 5.74) is 2.85. The van der Waals surface area contributed by atoms with Gasteiger partial charge in [0.25, 0.3) is 5.91 Å². The van der Waals surface area contributed by atoms with E-state index in [0.717, 1.165) is 24.8 Å². The second-order valence-corrected chi connectivity index (χ2v) is 8.66. The molecular weight excluding hydrogens is 422 g/mol. The highest BCUT2D eigenvalue weighted by Crippen LogP contribution is 2.42. The first kappa shape index (κ1) is 23.4. The standard InChI is InChI=1S/C25H27N3O3S/c1-4-5-6-17-7-9-18(10-8-17)15-22-24(30)28(19-11-13-20(31-3)14-12-19)25(32-22)21(16-26)23(29)27-2/h7-14,22H,4-6,15H2,1-3H3,(H,27,29)/b25-21-. The lowest BCUT2D eigenvalue weighted by Crippen LogP contribution is -2.31. The molecule has 2 aromatic rings. The number of nitrogens with one attached hydrogen (secondary N) is 1. The van der Waals surface area contributed by atoms with Gasteiger partial charge in [-0.15, -0.1) is 0 Å². The number of carbonyl (C=O) groups is 2. The Kier molecular flexibility index (Phi) is 7.96.